The van der Waals surface area contributed by atoms with Crippen LogP contribution in [0.5, 0.6) is 0 Å². The van der Waals surface area contributed by atoms with Crippen molar-refractivity contribution in [3.8, 4) is 0 Å². The molecule has 1 aromatic carbocycles. The first-order chi connectivity index (χ1) is 6.20. The van der Waals surface area contributed by atoms with E-state index in [1.807, 2.05) is 18.2 Å². The summed E-state index contributed by atoms with van der Waals surface area (Å²) in [6.07, 6.45) is 0. The van der Waals surface area contributed by atoms with Crippen molar-refractivity contribution in [2.45, 2.75) is 6.61 Å². The largest absolute Gasteiger partial charge is 0.757 e. The highest BCUT2D eigenvalue weighted by atomic mass is 35.5. The second-order valence-corrected chi connectivity index (χ2v) is 3.46. The SMILES string of the molecule is O=S([O-])N(Cl)OCc1ccccc1. The Morgan fingerprint density at radius 3 is 2.62 bits per heavy atom. The van der Waals surface area contributed by atoms with Gasteiger partial charge < -0.3 is 4.55 Å². The maximum atomic E-state index is 10.2. The molecule has 0 bridgehead atoms. The lowest BCUT2D eigenvalue weighted by Gasteiger charge is -2.14. The van der Waals surface area contributed by atoms with E-state index in [1.54, 1.807) is 12.1 Å². The Kier molecular flexibility index (Phi) is 4.34. The molecule has 0 amide bonds. The van der Waals surface area contributed by atoms with Crippen LogP contribution in [-0.4, -0.2) is 12.7 Å². The number of benzene rings is 1. The standard InChI is InChI=1S/C7H8ClNO3S/c8-9(13(10)11)12-6-7-4-2-1-3-5-7/h1-5H,6H2,(H,10,11)/p-1. The molecule has 1 aromatic rings. The highest BCUT2D eigenvalue weighted by molar-refractivity contribution is 7.77. The number of halogens is 1. The van der Waals surface area contributed by atoms with Crippen LogP contribution in [0.2, 0.25) is 0 Å². The zero-order chi connectivity index (χ0) is 9.68. The number of nitrogens with zero attached hydrogens (tertiary/aromatic N) is 1. The van der Waals surface area contributed by atoms with Crippen molar-refractivity contribution in [3.63, 3.8) is 0 Å². The first-order valence-corrected chi connectivity index (χ1v) is 4.79. The molecule has 0 heterocycles. The Hall–Kier alpha value is -0.460. The maximum Gasteiger partial charge on any atom is 0.0962 e. The van der Waals surface area contributed by atoms with Gasteiger partial charge in [-0.2, -0.15) is 0 Å². The third kappa shape index (κ3) is 3.84. The van der Waals surface area contributed by atoms with Gasteiger partial charge in [0.15, 0.2) is 0 Å². The predicted octanol–water partition coefficient (Wildman–Crippen LogP) is 1.37. The van der Waals surface area contributed by atoms with Crippen molar-refractivity contribution in [3.05, 3.63) is 35.9 Å². The molecule has 0 spiro atoms. The van der Waals surface area contributed by atoms with Crippen LogP contribution in [0.4, 0.5) is 0 Å². The van der Waals surface area contributed by atoms with Crippen molar-refractivity contribution in [1.82, 2.24) is 3.99 Å². The summed E-state index contributed by atoms with van der Waals surface area (Å²) in [5.41, 5.74) is 0.846. The van der Waals surface area contributed by atoms with E-state index in [0.717, 1.165) is 5.56 Å². The molecule has 0 aliphatic rings. The molecule has 13 heavy (non-hydrogen) atoms. The fourth-order valence-electron chi connectivity index (χ4n) is 0.743. The van der Waals surface area contributed by atoms with E-state index < -0.39 is 11.3 Å². The van der Waals surface area contributed by atoms with Crippen molar-refractivity contribution in [2.75, 3.05) is 0 Å². The molecule has 0 saturated heterocycles. The van der Waals surface area contributed by atoms with Crippen LogP contribution in [0.25, 0.3) is 0 Å². The fraction of sp³-hybridized carbons (Fsp3) is 0.143. The second kappa shape index (κ2) is 5.31. The summed E-state index contributed by atoms with van der Waals surface area (Å²) in [6.45, 7) is 0.123. The van der Waals surface area contributed by atoms with Crippen LogP contribution < -0.4 is 0 Å². The predicted molar refractivity (Wildman–Crippen MR) is 47.8 cm³/mol. The molecular formula is C7H7ClNO3S-. The second-order valence-electron chi connectivity index (χ2n) is 2.19. The monoisotopic (exact) mass is 220 g/mol. The van der Waals surface area contributed by atoms with Gasteiger partial charge in [-0.05, 0) is 9.55 Å². The molecule has 0 aromatic heterocycles. The van der Waals surface area contributed by atoms with Gasteiger partial charge >= 0.3 is 0 Å². The lowest BCUT2D eigenvalue weighted by molar-refractivity contribution is -0.0287. The molecule has 0 N–H and O–H groups in total. The smallest absolute Gasteiger partial charge is 0.0962 e. The van der Waals surface area contributed by atoms with Gasteiger partial charge in [-0.1, -0.05) is 30.3 Å². The normalized spacial score (nSPS) is 13.2. The highest BCUT2D eigenvalue weighted by Crippen LogP contribution is 2.05. The van der Waals surface area contributed by atoms with E-state index in [4.69, 9.17) is 11.8 Å². The fourth-order valence-corrected chi connectivity index (χ4v) is 0.930. The molecule has 0 saturated carbocycles. The molecule has 0 radical (unpaired) electrons. The molecule has 1 atom stereocenters. The number of hydrogen-bond donors (Lipinski definition) is 0. The van der Waals surface area contributed by atoms with E-state index in [9.17, 15) is 8.76 Å². The zero-order valence-electron chi connectivity index (χ0n) is 6.55. The molecule has 1 rings (SSSR count). The van der Waals surface area contributed by atoms with Gasteiger partial charge in [0.2, 0.25) is 0 Å². The summed E-state index contributed by atoms with van der Waals surface area (Å²) in [4.78, 5) is 4.68. The van der Waals surface area contributed by atoms with E-state index >= 15 is 0 Å². The molecule has 0 fully saturated rings. The minimum atomic E-state index is -2.56. The molecule has 1 unspecified atom stereocenters. The third-order valence-corrected chi connectivity index (χ3v) is 2.07. The summed E-state index contributed by atoms with van der Waals surface area (Å²) in [6, 6.07) is 9.11. The van der Waals surface area contributed by atoms with Crippen LogP contribution in [-0.2, 0) is 22.7 Å². The van der Waals surface area contributed by atoms with Gasteiger partial charge in [0.1, 0.15) is 0 Å². The van der Waals surface area contributed by atoms with E-state index in [1.165, 1.54) is 0 Å². The lowest BCUT2D eigenvalue weighted by atomic mass is 10.2. The molecular weight excluding hydrogens is 214 g/mol. The minimum absolute atomic E-state index is 0.123. The zero-order valence-corrected chi connectivity index (χ0v) is 8.12. The van der Waals surface area contributed by atoms with Crippen LogP contribution in [0.1, 0.15) is 5.56 Å². The summed E-state index contributed by atoms with van der Waals surface area (Å²) < 4.78 is 20.6. The van der Waals surface area contributed by atoms with Gasteiger partial charge in [-0.3, -0.25) is 9.05 Å². The first kappa shape index (κ1) is 10.6. The van der Waals surface area contributed by atoms with Crippen molar-refractivity contribution >= 4 is 23.0 Å². The molecule has 6 heteroatoms. The number of rotatable bonds is 4. The Morgan fingerprint density at radius 1 is 1.46 bits per heavy atom. The van der Waals surface area contributed by atoms with Gasteiger partial charge in [0.25, 0.3) is 0 Å². The molecule has 72 valence electrons. The summed E-state index contributed by atoms with van der Waals surface area (Å²) in [5.74, 6) is 0. The Balaban J connectivity index is 2.39. The maximum absolute atomic E-state index is 10.2. The van der Waals surface area contributed by atoms with Crippen LogP contribution >= 0.6 is 11.8 Å². The average Bonchev–Trinajstić information content (AvgIpc) is 2.15. The van der Waals surface area contributed by atoms with Crippen LogP contribution in [0.3, 0.4) is 0 Å². The summed E-state index contributed by atoms with van der Waals surface area (Å²) in [7, 11) is 0. The van der Waals surface area contributed by atoms with Gasteiger partial charge in [0.05, 0.1) is 17.9 Å². The van der Waals surface area contributed by atoms with Crippen LogP contribution in [0.15, 0.2) is 30.3 Å². The summed E-state index contributed by atoms with van der Waals surface area (Å²) >= 11 is 2.61. The van der Waals surface area contributed by atoms with Gasteiger partial charge in [-0.15, -0.1) is 0 Å². The topological polar surface area (TPSA) is 52.6 Å². The van der Waals surface area contributed by atoms with Crippen LogP contribution in [0, 0.1) is 0 Å². The third-order valence-electron chi connectivity index (χ3n) is 1.29. The van der Waals surface area contributed by atoms with Crippen molar-refractivity contribution in [2.24, 2.45) is 0 Å². The quantitative estimate of drug-likeness (QED) is 0.438. The lowest BCUT2D eigenvalue weighted by Crippen LogP contribution is -2.15. The van der Waals surface area contributed by atoms with E-state index in [2.05, 4.69) is 4.84 Å². The average molecular weight is 221 g/mol. The Labute approximate surface area is 83.6 Å². The minimum Gasteiger partial charge on any atom is -0.757 e. The van der Waals surface area contributed by atoms with Gasteiger partial charge in [0, 0.05) is 11.8 Å². The molecule has 4 nitrogen and oxygen atoms in total. The highest BCUT2D eigenvalue weighted by Gasteiger charge is 2.00. The Morgan fingerprint density at radius 2 is 2.08 bits per heavy atom. The van der Waals surface area contributed by atoms with Crippen molar-refractivity contribution in [1.29, 1.82) is 0 Å². The number of hydrogen-bond acceptors (Lipinski definition) is 3. The van der Waals surface area contributed by atoms with E-state index in [-0.39, 0.29) is 10.6 Å². The molecule has 0 aliphatic heterocycles. The summed E-state index contributed by atoms with van der Waals surface area (Å²) in [5, 5.41) is 0. The van der Waals surface area contributed by atoms with E-state index in [0.29, 0.717) is 0 Å². The Bertz CT molecular complexity index is 282. The van der Waals surface area contributed by atoms with Gasteiger partial charge in [-0.25, -0.2) is 0 Å². The molecule has 0 aliphatic carbocycles. The first-order valence-electron chi connectivity index (χ1n) is 3.42. The van der Waals surface area contributed by atoms with Crippen molar-refractivity contribution < 1.29 is 13.6 Å².